The van der Waals surface area contributed by atoms with Crippen molar-refractivity contribution in [3.8, 4) is 5.75 Å². The van der Waals surface area contributed by atoms with Crippen LogP contribution in [0.15, 0.2) is 46.9 Å². The smallest absolute Gasteiger partial charge is 0.126 e. The van der Waals surface area contributed by atoms with Crippen LogP contribution in [0, 0.1) is 5.82 Å². The zero-order valence-corrected chi connectivity index (χ0v) is 13.8. The number of halogens is 2. The normalized spacial score (nSPS) is 12.2. The molecule has 1 atom stereocenters. The van der Waals surface area contributed by atoms with E-state index in [0.717, 1.165) is 22.2 Å². The first-order valence-electron chi connectivity index (χ1n) is 6.87. The van der Waals surface area contributed by atoms with Gasteiger partial charge >= 0.3 is 0 Å². The molecule has 0 fully saturated rings. The summed E-state index contributed by atoms with van der Waals surface area (Å²) in [5.74, 6) is 0.700. The molecule has 2 rings (SSSR count). The van der Waals surface area contributed by atoms with Crippen molar-refractivity contribution in [2.45, 2.75) is 18.9 Å². The maximum absolute atomic E-state index is 13.9. The average molecular weight is 352 g/mol. The first-order chi connectivity index (χ1) is 10.1. The Morgan fingerprint density at radius 2 is 1.86 bits per heavy atom. The molecule has 2 nitrogen and oxygen atoms in total. The fourth-order valence-corrected chi connectivity index (χ4v) is 2.79. The standard InChI is InChI=1S/C17H19BrFNO/c1-20-15(10-12-5-3-4-6-17(12)21-2)11-13-9-14(18)7-8-16(13)19/h3-9,15,20H,10-11H2,1-2H3. The lowest BCUT2D eigenvalue weighted by atomic mass is 9.98. The molecule has 0 aromatic heterocycles. The van der Waals surface area contributed by atoms with Crippen molar-refractivity contribution in [3.05, 3.63) is 63.9 Å². The minimum Gasteiger partial charge on any atom is -0.496 e. The third kappa shape index (κ3) is 4.29. The third-order valence-electron chi connectivity index (χ3n) is 3.54. The molecule has 2 aromatic carbocycles. The molecule has 0 saturated heterocycles. The molecule has 0 saturated carbocycles. The second kappa shape index (κ2) is 7.57. The van der Waals surface area contributed by atoms with Gasteiger partial charge in [0.1, 0.15) is 11.6 Å². The number of likely N-dealkylation sites (N-methyl/N-ethyl adjacent to an activating group) is 1. The second-order valence-electron chi connectivity index (χ2n) is 4.94. The van der Waals surface area contributed by atoms with Crippen molar-refractivity contribution in [1.29, 1.82) is 0 Å². The molecule has 1 unspecified atom stereocenters. The monoisotopic (exact) mass is 351 g/mol. The maximum atomic E-state index is 13.9. The van der Waals surface area contributed by atoms with Crippen molar-refractivity contribution in [1.82, 2.24) is 5.32 Å². The molecule has 0 aliphatic rings. The van der Waals surface area contributed by atoms with Gasteiger partial charge in [-0.25, -0.2) is 4.39 Å². The van der Waals surface area contributed by atoms with Crippen LogP contribution in [0.25, 0.3) is 0 Å². The van der Waals surface area contributed by atoms with E-state index in [0.29, 0.717) is 12.0 Å². The van der Waals surface area contributed by atoms with E-state index in [4.69, 9.17) is 4.74 Å². The number of para-hydroxylation sites is 1. The van der Waals surface area contributed by atoms with Crippen molar-refractivity contribution in [3.63, 3.8) is 0 Å². The van der Waals surface area contributed by atoms with Crippen LogP contribution in [0.3, 0.4) is 0 Å². The van der Waals surface area contributed by atoms with Crippen LogP contribution in [0.5, 0.6) is 5.75 Å². The third-order valence-corrected chi connectivity index (χ3v) is 4.03. The van der Waals surface area contributed by atoms with Gasteiger partial charge in [-0.3, -0.25) is 0 Å². The maximum Gasteiger partial charge on any atom is 0.126 e. The summed E-state index contributed by atoms with van der Waals surface area (Å²) in [6.45, 7) is 0. The highest BCUT2D eigenvalue weighted by Gasteiger charge is 2.14. The molecule has 0 bridgehead atoms. The van der Waals surface area contributed by atoms with Gasteiger partial charge in [0.2, 0.25) is 0 Å². The highest BCUT2D eigenvalue weighted by molar-refractivity contribution is 9.10. The van der Waals surface area contributed by atoms with E-state index in [1.54, 1.807) is 13.2 Å². The van der Waals surface area contributed by atoms with Crippen molar-refractivity contribution >= 4 is 15.9 Å². The number of ether oxygens (including phenoxy) is 1. The van der Waals surface area contributed by atoms with Gasteiger partial charge in [0, 0.05) is 10.5 Å². The number of benzene rings is 2. The van der Waals surface area contributed by atoms with Gasteiger partial charge in [-0.2, -0.15) is 0 Å². The SMILES string of the molecule is CNC(Cc1cc(Br)ccc1F)Cc1ccccc1OC. The van der Waals surface area contributed by atoms with Crippen molar-refractivity contribution in [2.24, 2.45) is 0 Å². The summed E-state index contributed by atoms with van der Waals surface area (Å²) in [4.78, 5) is 0. The fraction of sp³-hybridized carbons (Fsp3) is 0.294. The Morgan fingerprint density at radius 1 is 1.14 bits per heavy atom. The lowest BCUT2D eigenvalue weighted by Crippen LogP contribution is -2.30. The Bertz CT molecular complexity index is 603. The van der Waals surface area contributed by atoms with Gasteiger partial charge in [0.15, 0.2) is 0 Å². The molecular formula is C17H19BrFNO. The molecule has 0 aliphatic carbocycles. The van der Waals surface area contributed by atoms with Crippen LogP contribution in [-0.2, 0) is 12.8 Å². The van der Waals surface area contributed by atoms with Crippen LogP contribution < -0.4 is 10.1 Å². The molecular weight excluding hydrogens is 333 g/mol. The van der Waals surface area contributed by atoms with Crippen molar-refractivity contribution < 1.29 is 9.13 Å². The fourth-order valence-electron chi connectivity index (χ4n) is 2.38. The summed E-state index contributed by atoms with van der Waals surface area (Å²) in [7, 11) is 3.57. The molecule has 21 heavy (non-hydrogen) atoms. The van der Waals surface area contributed by atoms with E-state index in [1.807, 2.05) is 37.4 Å². The van der Waals surface area contributed by atoms with E-state index in [9.17, 15) is 4.39 Å². The van der Waals surface area contributed by atoms with Gasteiger partial charge < -0.3 is 10.1 Å². The number of nitrogens with one attached hydrogen (secondary N) is 1. The number of hydrogen-bond donors (Lipinski definition) is 1. The minimum absolute atomic E-state index is 0.144. The summed E-state index contributed by atoms with van der Waals surface area (Å²) >= 11 is 3.39. The molecule has 0 radical (unpaired) electrons. The molecule has 0 aliphatic heterocycles. The predicted octanol–water partition coefficient (Wildman–Crippen LogP) is 3.97. The summed E-state index contributed by atoms with van der Waals surface area (Å²) in [5, 5.41) is 3.26. The van der Waals surface area contributed by atoms with E-state index >= 15 is 0 Å². The summed E-state index contributed by atoms with van der Waals surface area (Å²) in [5.41, 5.74) is 1.83. The number of hydrogen-bond acceptors (Lipinski definition) is 2. The summed E-state index contributed by atoms with van der Waals surface area (Å²) < 4.78 is 20.1. The first kappa shape index (κ1) is 16.0. The van der Waals surface area contributed by atoms with Gasteiger partial charge in [0.25, 0.3) is 0 Å². The lowest BCUT2D eigenvalue weighted by Gasteiger charge is -2.18. The van der Waals surface area contributed by atoms with E-state index in [1.165, 1.54) is 6.07 Å². The largest absolute Gasteiger partial charge is 0.496 e. The minimum atomic E-state index is -0.168. The van der Waals surface area contributed by atoms with Gasteiger partial charge in [-0.1, -0.05) is 34.1 Å². The van der Waals surface area contributed by atoms with Gasteiger partial charge in [0.05, 0.1) is 7.11 Å². The molecule has 0 spiro atoms. The Balaban J connectivity index is 2.15. The van der Waals surface area contributed by atoms with Crippen LogP contribution in [0.1, 0.15) is 11.1 Å². The second-order valence-corrected chi connectivity index (χ2v) is 5.86. The molecule has 2 aromatic rings. The summed E-state index contributed by atoms with van der Waals surface area (Å²) in [6, 6.07) is 13.1. The van der Waals surface area contributed by atoms with Crippen molar-refractivity contribution in [2.75, 3.05) is 14.2 Å². The Kier molecular flexibility index (Phi) is 5.76. The number of methoxy groups -OCH3 is 1. The van der Waals surface area contributed by atoms with Crippen LogP contribution in [0.4, 0.5) is 4.39 Å². The quantitative estimate of drug-likeness (QED) is 0.850. The molecule has 0 amide bonds. The summed E-state index contributed by atoms with van der Waals surface area (Å²) in [6.07, 6.45) is 1.41. The van der Waals surface area contributed by atoms with Crippen LogP contribution >= 0.6 is 15.9 Å². The zero-order chi connectivity index (χ0) is 15.2. The highest BCUT2D eigenvalue weighted by atomic mass is 79.9. The molecule has 112 valence electrons. The lowest BCUT2D eigenvalue weighted by molar-refractivity contribution is 0.405. The first-order valence-corrected chi connectivity index (χ1v) is 7.66. The topological polar surface area (TPSA) is 21.3 Å². The molecule has 4 heteroatoms. The molecule has 1 N–H and O–H groups in total. The Morgan fingerprint density at radius 3 is 2.57 bits per heavy atom. The van der Waals surface area contributed by atoms with E-state index in [2.05, 4.69) is 21.2 Å². The van der Waals surface area contributed by atoms with E-state index in [-0.39, 0.29) is 11.9 Å². The highest BCUT2D eigenvalue weighted by Crippen LogP contribution is 2.22. The van der Waals surface area contributed by atoms with Gasteiger partial charge in [-0.15, -0.1) is 0 Å². The Labute approximate surface area is 133 Å². The molecule has 0 heterocycles. The zero-order valence-electron chi connectivity index (χ0n) is 12.2. The van der Waals surface area contributed by atoms with Crippen LogP contribution in [-0.4, -0.2) is 20.2 Å². The van der Waals surface area contributed by atoms with Crippen LogP contribution in [0.2, 0.25) is 0 Å². The average Bonchev–Trinajstić information content (AvgIpc) is 2.50. The van der Waals surface area contributed by atoms with E-state index < -0.39 is 0 Å². The number of rotatable bonds is 6. The van der Waals surface area contributed by atoms with Gasteiger partial charge in [-0.05, 0) is 55.3 Å². The predicted molar refractivity (Wildman–Crippen MR) is 87.3 cm³/mol. The Hall–Kier alpha value is -1.39.